The van der Waals surface area contributed by atoms with Crippen molar-refractivity contribution in [2.24, 2.45) is 7.05 Å². The molecule has 0 fully saturated rings. The lowest BCUT2D eigenvalue weighted by molar-refractivity contribution is -0.139. The molecule has 6 nitrogen and oxygen atoms in total. The Bertz CT molecular complexity index is 342. The normalized spacial score (nSPS) is 12.6. The molecule has 1 rings (SSSR count). The third-order valence-electron chi connectivity index (χ3n) is 2.06. The summed E-state index contributed by atoms with van der Waals surface area (Å²) >= 11 is 1.51. The van der Waals surface area contributed by atoms with Crippen LogP contribution in [0.1, 0.15) is 13.3 Å². The Hall–Kier alpha value is -1.08. The van der Waals surface area contributed by atoms with Gasteiger partial charge in [0.2, 0.25) is 0 Å². The molecule has 0 aliphatic heterocycles. The highest BCUT2D eigenvalue weighted by atomic mass is 32.2. The van der Waals surface area contributed by atoms with Crippen LogP contribution in [0.15, 0.2) is 11.5 Å². The molecule has 1 heterocycles. The molecule has 0 aromatic carbocycles. The highest BCUT2D eigenvalue weighted by Crippen LogP contribution is 2.15. The minimum atomic E-state index is -0.805. The lowest BCUT2D eigenvalue weighted by atomic mass is 10.2. The molecular weight excluding hydrogens is 228 g/mol. The van der Waals surface area contributed by atoms with E-state index in [-0.39, 0.29) is 0 Å². The molecule has 16 heavy (non-hydrogen) atoms. The van der Waals surface area contributed by atoms with Gasteiger partial charge in [0.15, 0.2) is 5.16 Å². The van der Waals surface area contributed by atoms with Gasteiger partial charge in [-0.2, -0.15) is 5.10 Å². The van der Waals surface area contributed by atoms with Crippen molar-refractivity contribution in [2.75, 3.05) is 12.3 Å². The van der Waals surface area contributed by atoms with Gasteiger partial charge in [0, 0.05) is 12.8 Å². The molecular formula is C9H16N4O2S. The number of carboxylic acid groups (broad SMARTS) is 1. The van der Waals surface area contributed by atoms with E-state index in [1.54, 1.807) is 4.68 Å². The molecule has 1 aromatic rings. The lowest BCUT2D eigenvalue weighted by Gasteiger charge is -2.11. The van der Waals surface area contributed by atoms with E-state index in [9.17, 15) is 4.79 Å². The van der Waals surface area contributed by atoms with Gasteiger partial charge in [-0.25, -0.2) is 9.67 Å². The highest BCUT2D eigenvalue weighted by Gasteiger charge is 2.15. The van der Waals surface area contributed by atoms with Crippen LogP contribution >= 0.6 is 11.8 Å². The Morgan fingerprint density at radius 1 is 1.75 bits per heavy atom. The van der Waals surface area contributed by atoms with Crippen molar-refractivity contribution in [3.05, 3.63) is 6.33 Å². The van der Waals surface area contributed by atoms with Crippen LogP contribution < -0.4 is 5.32 Å². The van der Waals surface area contributed by atoms with E-state index in [0.29, 0.717) is 18.7 Å². The maximum atomic E-state index is 10.8. The van der Waals surface area contributed by atoms with Gasteiger partial charge in [0.25, 0.3) is 0 Å². The molecule has 2 N–H and O–H groups in total. The van der Waals surface area contributed by atoms with E-state index in [4.69, 9.17) is 5.11 Å². The predicted molar refractivity (Wildman–Crippen MR) is 61.4 cm³/mol. The van der Waals surface area contributed by atoms with Crippen molar-refractivity contribution in [1.82, 2.24) is 20.1 Å². The maximum absolute atomic E-state index is 10.8. The number of aromatic nitrogens is 3. The van der Waals surface area contributed by atoms with Gasteiger partial charge in [-0.3, -0.25) is 4.79 Å². The zero-order chi connectivity index (χ0) is 12.0. The summed E-state index contributed by atoms with van der Waals surface area (Å²) in [5.41, 5.74) is 0. The topological polar surface area (TPSA) is 80.0 Å². The molecule has 1 atom stereocenters. The smallest absolute Gasteiger partial charge is 0.320 e. The van der Waals surface area contributed by atoms with Crippen molar-refractivity contribution >= 4 is 17.7 Å². The van der Waals surface area contributed by atoms with E-state index in [1.165, 1.54) is 18.1 Å². The van der Waals surface area contributed by atoms with Crippen LogP contribution in [-0.4, -0.2) is 44.2 Å². The van der Waals surface area contributed by atoms with Gasteiger partial charge in [0.1, 0.15) is 12.4 Å². The van der Waals surface area contributed by atoms with Crippen LogP contribution in [0.4, 0.5) is 0 Å². The lowest BCUT2D eigenvalue weighted by Crippen LogP contribution is -2.36. The zero-order valence-corrected chi connectivity index (χ0v) is 10.2. The monoisotopic (exact) mass is 244 g/mol. The van der Waals surface area contributed by atoms with Gasteiger partial charge in [-0.15, -0.1) is 0 Å². The van der Waals surface area contributed by atoms with Crippen molar-refractivity contribution in [3.8, 4) is 0 Å². The fraction of sp³-hybridized carbons (Fsp3) is 0.667. The third kappa shape index (κ3) is 3.82. The first-order valence-corrected chi connectivity index (χ1v) is 6.06. The van der Waals surface area contributed by atoms with Gasteiger partial charge in [0.05, 0.1) is 0 Å². The Morgan fingerprint density at radius 2 is 2.50 bits per heavy atom. The standard InChI is InChI=1S/C9H16N4O2S/c1-3-10-7(8(14)15)4-5-16-9-11-6-12-13(9)2/h6-7,10H,3-5H2,1-2H3,(H,14,15). The molecule has 1 unspecified atom stereocenters. The largest absolute Gasteiger partial charge is 0.480 e. The summed E-state index contributed by atoms with van der Waals surface area (Å²) in [7, 11) is 1.81. The van der Waals surface area contributed by atoms with Crippen molar-refractivity contribution < 1.29 is 9.90 Å². The summed E-state index contributed by atoms with van der Waals surface area (Å²) in [6.07, 6.45) is 2.06. The van der Waals surface area contributed by atoms with Crippen LogP contribution in [0.2, 0.25) is 0 Å². The summed E-state index contributed by atoms with van der Waals surface area (Å²) in [5, 5.41) is 16.6. The van der Waals surface area contributed by atoms with Crippen LogP contribution in [0.5, 0.6) is 0 Å². The van der Waals surface area contributed by atoms with Gasteiger partial charge in [-0.05, 0) is 13.0 Å². The fourth-order valence-electron chi connectivity index (χ4n) is 1.24. The summed E-state index contributed by atoms with van der Waals surface area (Å²) in [4.78, 5) is 14.9. The molecule has 0 aliphatic carbocycles. The second kappa shape index (κ2) is 6.49. The van der Waals surface area contributed by atoms with Crippen LogP contribution in [0, 0.1) is 0 Å². The number of nitrogens with zero attached hydrogens (tertiary/aromatic N) is 3. The third-order valence-corrected chi connectivity index (χ3v) is 3.12. The Kier molecular flexibility index (Phi) is 5.27. The molecule has 0 aliphatic rings. The fourth-order valence-corrected chi connectivity index (χ4v) is 2.14. The molecule has 0 radical (unpaired) electrons. The molecule has 0 spiro atoms. The highest BCUT2D eigenvalue weighted by molar-refractivity contribution is 7.99. The number of carbonyl (C=O) groups is 1. The zero-order valence-electron chi connectivity index (χ0n) is 9.38. The number of hydrogen-bond acceptors (Lipinski definition) is 5. The number of carboxylic acids is 1. The first-order chi connectivity index (χ1) is 7.65. The average Bonchev–Trinajstić information content (AvgIpc) is 2.63. The van der Waals surface area contributed by atoms with Crippen LogP contribution in [0.25, 0.3) is 0 Å². The second-order valence-corrected chi connectivity index (χ2v) is 4.31. The Morgan fingerprint density at radius 3 is 3.00 bits per heavy atom. The number of hydrogen-bond donors (Lipinski definition) is 2. The SMILES string of the molecule is CCNC(CCSc1ncnn1C)C(=O)O. The van der Waals surface area contributed by atoms with E-state index in [2.05, 4.69) is 15.4 Å². The van der Waals surface area contributed by atoms with Gasteiger partial charge < -0.3 is 10.4 Å². The molecule has 0 saturated carbocycles. The number of aliphatic carboxylic acids is 1. The van der Waals surface area contributed by atoms with E-state index in [1.807, 2.05) is 14.0 Å². The Balaban J connectivity index is 2.33. The quantitative estimate of drug-likeness (QED) is 0.674. The first-order valence-electron chi connectivity index (χ1n) is 5.08. The van der Waals surface area contributed by atoms with E-state index >= 15 is 0 Å². The first kappa shape index (κ1) is 13.0. The van der Waals surface area contributed by atoms with E-state index < -0.39 is 12.0 Å². The number of rotatable bonds is 7. The molecule has 90 valence electrons. The number of likely N-dealkylation sites (N-methyl/N-ethyl adjacent to an activating group) is 1. The molecule has 1 aromatic heterocycles. The van der Waals surface area contributed by atoms with E-state index in [0.717, 1.165) is 5.16 Å². The molecule has 0 bridgehead atoms. The summed E-state index contributed by atoms with van der Waals surface area (Å²) < 4.78 is 1.67. The van der Waals surface area contributed by atoms with Gasteiger partial charge >= 0.3 is 5.97 Å². The van der Waals surface area contributed by atoms with Crippen molar-refractivity contribution in [1.29, 1.82) is 0 Å². The van der Waals surface area contributed by atoms with Crippen LogP contribution in [0.3, 0.4) is 0 Å². The minimum Gasteiger partial charge on any atom is -0.480 e. The Labute approximate surface area is 98.4 Å². The molecule has 0 saturated heterocycles. The number of nitrogens with one attached hydrogen (secondary N) is 1. The average molecular weight is 244 g/mol. The second-order valence-electron chi connectivity index (χ2n) is 3.25. The summed E-state index contributed by atoms with van der Waals surface area (Å²) in [6, 6.07) is -0.481. The molecule has 7 heteroatoms. The maximum Gasteiger partial charge on any atom is 0.320 e. The predicted octanol–water partition coefficient (Wildman–Crippen LogP) is 0.360. The van der Waals surface area contributed by atoms with Gasteiger partial charge in [-0.1, -0.05) is 18.7 Å². The summed E-state index contributed by atoms with van der Waals surface area (Å²) in [5.74, 6) is -0.100. The molecule has 0 amide bonds. The summed E-state index contributed by atoms with van der Waals surface area (Å²) in [6.45, 7) is 2.55. The van der Waals surface area contributed by atoms with Crippen molar-refractivity contribution in [2.45, 2.75) is 24.5 Å². The van der Waals surface area contributed by atoms with Crippen LogP contribution in [-0.2, 0) is 11.8 Å². The number of thioether (sulfide) groups is 1. The minimum absolute atomic E-state index is 0.481. The number of aryl methyl sites for hydroxylation is 1. The van der Waals surface area contributed by atoms with Crippen molar-refractivity contribution in [3.63, 3.8) is 0 Å².